The van der Waals surface area contributed by atoms with Crippen molar-refractivity contribution in [2.75, 3.05) is 7.05 Å². The molecule has 0 aliphatic rings. The van der Waals surface area contributed by atoms with E-state index in [-0.39, 0.29) is 17.8 Å². The zero-order chi connectivity index (χ0) is 16.3. The van der Waals surface area contributed by atoms with E-state index >= 15 is 0 Å². The van der Waals surface area contributed by atoms with Crippen LogP contribution in [0.4, 0.5) is 10.1 Å². The molecule has 0 bridgehead atoms. The highest BCUT2D eigenvalue weighted by Crippen LogP contribution is 2.23. The first kappa shape index (κ1) is 15.8. The van der Waals surface area contributed by atoms with Crippen LogP contribution in [-0.2, 0) is 6.54 Å². The highest BCUT2D eigenvalue weighted by atomic mass is 35.5. The first-order valence-corrected chi connectivity index (χ1v) is 6.55. The predicted octanol–water partition coefficient (Wildman–Crippen LogP) is 3.05. The first-order chi connectivity index (χ1) is 10.4. The van der Waals surface area contributed by atoms with E-state index in [2.05, 4.69) is 4.98 Å². The molecule has 0 fully saturated rings. The van der Waals surface area contributed by atoms with Crippen molar-refractivity contribution in [1.29, 1.82) is 0 Å². The second kappa shape index (κ2) is 6.48. The van der Waals surface area contributed by atoms with Crippen molar-refractivity contribution in [2.45, 2.75) is 6.54 Å². The molecule has 0 atom stereocenters. The summed E-state index contributed by atoms with van der Waals surface area (Å²) in [6.07, 6.45) is 2.26. The van der Waals surface area contributed by atoms with Crippen molar-refractivity contribution < 1.29 is 14.1 Å². The number of hydrogen-bond acceptors (Lipinski definition) is 4. The Morgan fingerprint density at radius 2 is 2.18 bits per heavy atom. The van der Waals surface area contributed by atoms with Crippen molar-refractivity contribution in [2.24, 2.45) is 0 Å². The van der Waals surface area contributed by atoms with Gasteiger partial charge in [-0.1, -0.05) is 11.6 Å². The van der Waals surface area contributed by atoms with Gasteiger partial charge < -0.3 is 4.90 Å². The number of aromatic nitrogens is 1. The molecular formula is C14H11ClFN3O3. The predicted molar refractivity (Wildman–Crippen MR) is 78.1 cm³/mol. The van der Waals surface area contributed by atoms with Crippen molar-refractivity contribution in [1.82, 2.24) is 9.88 Å². The molecule has 1 aromatic carbocycles. The Kier molecular flexibility index (Phi) is 4.67. The second-order valence-electron chi connectivity index (χ2n) is 4.55. The third kappa shape index (κ3) is 3.37. The summed E-state index contributed by atoms with van der Waals surface area (Å²) in [5.41, 5.74) is 0.149. The molecule has 8 heteroatoms. The third-order valence-electron chi connectivity index (χ3n) is 3.00. The highest BCUT2D eigenvalue weighted by molar-refractivity contribution is 6.31. The van der Waals surface area contributed by atoms with E-state index in [1.807, 2.05) is 0 Å². The molecule has 2 aromatic rings. The Morgan fingerprint density at radius 3 is 2.82 bits per heavy atom. The fourth-order valence-electron chi connectivity index (χ4n) is 1.88. The van der Waals surface area contributed by atoms with Crippen molar-refractivity contribution in [3.8, 4) is 0 Å². The van der Waals surface area contributed by atoms with E-state index < -0.39 is 16.6 Å². The molecule has 0 aliphatic carbocycles. The van der Waals surface area contributed by atoms with Crippen LogP contribution in [0.5, 0.6) is 0 Å². The minimum Gasteiger partial charge on any atom is -0.337 e. The van der Waals surface area contributed by atoms with E-state index in [1.165, 1.54) is 42.4 Å². The lowest BCUT2D eigenvalue weighted by Crippen LogP contribution is -2.27. The van der Waals surface area contributed by atoms with Crippen LogP contribution in [-0.4, -0.2) is 27.8 Å². The third-order valence-corrected chi connectivity index (χ3v) is 3.37. The van der Waals surface area contributed by atoms with Gasteiger partial charge in [0.15, 0.2) is 5.82 Å². The maximum absolute atomic E-state index is 13.6. The van der Waals surface area contributed by atoms with Crippen LogP contribution in [0.15, 0.2) is 36.7 Å². The molecule has 6 nitrogen and oxygen atoms in total. The quantitative estimate of drug-likeness (QED) is 0.640. The van der Waals surface area contributed by atoms with Gasteiger partial charge in [0.1, 0.15) is 0 Å². The second-order valence-corrected chi connectivity index (χ2v) is 4.96. The van der Waals surface area contributed by atoms with Crippen LogP contribution in [0.2, 0.25) is 5.02 Å². The molecule has 2 rings (SSSR count). The number of rotatable bonds is 4. The van der Waals surface area contributed by atoms with Gasteiger partial charge in [-0.15, -0.1) is 0 Å². The minimum absolute atomic E-state index is 0.0150. The molecule has 0 aliphatic heterocycles. The fraction of sp³-hybridized carbons (Fsp3) is 0.143. The highest BCUT2D eigenvalue weighted by Gasteiger charge is 2.18. The summed E-state index contributed by atoms with van der Waals surface area (Å²) in [5, 5.41) is 11.1. The van der Waals surface area contributed by atoms with Gasteiger partial charge in [-0.3, -0.25) is 19.9 Å². The Balaban J connectivity index is 2.24. The number of nitro groups is 1. The van der Waals surface area contributed by atoms with E-state index in [0.29, 0.717) is 10.6 Å². The van der Waals surface area contributed by atoms with Gasteiger partial charge in [0.2, 0.25) is 0 Å². The lowest BCUT2D eigenvalue weighted by molar-refractivity contribution is -0.384. The molecule has 0 radical (unpaired) electrons. The molecule has 0 N–H and O–H groups in total. The Hall–Kier alpha value is -2.54. The Bertz CT molecular complexity index is 739. The van der Waals surface area contributed by atoms with Crippen molar-refractivity contribution >= 4 is 23.2 Å². The normalized spacial score (nSPS) is 10.3. The molecule has 1 amide bonds. The van der Waals surface area contributed by atoms with Gasteiger partial charge in [-0.25, -0.2) is 4.39 Å². The molecule has 1 aromatic heterocycles. The summed E-state index contributed by atoms with van der Waals surface area (Å²) in [4.78, 5) is 27.2. The topological polar surface area (TPSA) is 76.3 Å². The zero-order valence-electron chi connectivity index (χ0n) is 11.5. The number of carbonyl (C=O) groups is 1. The van der Waals surface area contributed by atoms with Crippen molar-refractivity contribution in [3.05, 3.63) is 68.7 Å². The van der Waals surface area contributed by atoms with Crippen LogP contribution >= 0.6 is 11.6 Å². The molecule has 0 spiro atoms. The van der Waals surface area contributed by atoms with Crippen LogP contribution in [0.1, 0.15) is 15.9 Å². The SMILES string of the molecule is CN(Cc1cc([N+](=O)[O-])ccc1Cl)C(=O)c1ccncc1F. The molecule has 0 unspecified atom stereocenters. The van der Waals surface area contributed by atoms with Gasteiger partial charge in [-0.05, 0) is 17.7 Å². The lowest BCUT2D eigenvalue weighted by atomic mass is 10.1. The average molecular weight is 324 g/mol. The number of hydrogen-bond donors (Lipinski definition) is 0. The number of amides is 1. The molecule has 114 valence electrons. The molecular weight excluding hydrogens is 313 g/mol. The van der Waals surface area contributed by atoms with E-state index in [9.17, 15) is 19.3 Å². The number of carbonyl (C=O) groups excluding carboxylic acids is 1. The van der Waals surface area contributed by atoms with Crippen LogP contribution in [0.3, 0.4) is 0 Å². The first-order valence-electron chi connectivity index (χ1n) is 6.18. The summed E-state index contributed by atoms with van der Waals surface area (Å²) in [5.74, 6) is -1.30. The lowest BCUT2D eigenvalue weighted by Gasteiger charge is -2.18. The standard InChI is InChI=1S/C14H11ClFN3O3/c1-18(14(20)11-4-5-17-7-13(11)16)8-9-6-10(19(21)22)2-3-12(9)15/h2-7H,8H2,1H3. The monoisotopic (exact) mass is 323 g/mol. The fourth-order valence-corrected chi connectivity index (χ4v) is 2.05. The van der Waals surface area contributed by atoms with Crippen molar-refractivity contribution in [3.63, 3.8) is 0 Å². The Labute approximate surface area is 130 Å². The largest absolute Gasteiger partial charge is 0.337 e. The van der Waals surface area contributed by atoms with Gasteiger partial charge in [-0.2, -0.15) is 0 Å². The molecule has 0 saturated heterocycles. The zero-order valence-corrected chi connectivity index (χ0v) is 12.2. The summed E-state index contributed by atoms with van der Waals surface area (Å²) >= 11 is 5.98. The number of nitro benzene ring substituents is 1. The summed E-state index contributed by atoms with van der Waals surface area (Å²) in [7, 11) is 1.46. The summed E-state index contributed by atoms with van der Waals surface area (Å²) < 4.78 is 13.6. The summed E-state index contributed by atoms with van der Waals surface area (Å²) in [6.45, 7) is 0.0150. The van der Waals surface area contributed by atoms with Gasteiger partial charge >= 0.3 is 0 Å². The van der Waals surface area contributed by atoms with Crippen LogP contribution in [0, 0.1) is 15.9 Å². The van der Waals surface area contributed by atoms with Gasteiger partial charge in [0.05, 0.1) is 16.7 Å². The smallest absolute Gasteiger partial charge is 0.269 e. The number of non-ortho nitro benzene ring substituents is 1. The number of halogens is 2. The molecule has 0 saturated carbocycles. The van der Waals surface area contributed by atoms with Crippen LogP contribution < -0.4 is 0 Å². The van der Waals surface area contributed by atoms with Crippen LogP contribution in [0.25, 0.3) is 0 Å². The Morgan fingerprint density at radius 1 is 1.45 bits per heavy atom. The molecule has 1 heterocycles. The average Bonchev–Trinajstić information content (AvgIpc) is 2.49. The van der Waals surface area contributed by atoms with Gasteiger partial charge in [0.25, 0.3) is 11.6 Å². The van der Waals surface area contributed by atoms with Gasteiger partial charge in [0, 0.05) is 36.9 Å². The number of pyridine rings is 1. The maximum Gasteiger partial charge on any atom is 0.269 e. The molecule has 22 heavy (non-hydrogen) atoms. The maximum atomic E-state index is 13.6. The minimum atomic E-state index is -0.732. The number of nitrogens with zero attached hydrogens (tertiary/aromatic N) is 3. The van der Waals surface area contributed by atoms with E-state index in [0.717, 1.165) is 6.20 Å². The summed E-state index contributed by atoms with van der Waals surface area (Å²) in [6, 6.07) is 5.22. The van der Waals surface area contributed by atoms with E-state index in [1.54, 1.807) is 0 Å². The number of benzene rings is 1. The van der Waals surface area contributed by atoms with E-state index in [4.69, 9.17) is 11.6 Å².